The number of fused-ring (bicyclic) bond motifs is 12. The molecule has 0 saturated heterocycles. The van der Waals surface area contributed by atoms with Gasteiger partial charge in [0.1, 0.15) is 11.2 Å². The van der Waals surface area contributed by atoms with Gasteiger partial charge in [0.2, 0.25) is 0 Å². The van der Waals surface area contributed by atoms with Crippen LogP contribution in [0.5, 0.6) is 0 Å². The van der Waals surface area contributed by atoms with Gasteiger partial charge in [0.25, 0.3) is 0 Å². The summed E-state index contributed by atoms with van der Waals surface area (Å²) >= 11 is 0. The Balaban J connectivity index is 1.34. The molecular formula is C40H24N2O. The van der Waals surface area contributed by atoms with Gasteiger partial charge in [-0.1, -0.05) is 84.9 Å². The largest absolute Gasteiger partial charge is 0.455 e. The molecule has 3 heterocycles. The maximum atomic E-state index is 7.04. The van der Waals surface area contributed by atoms with E-state index < -0.39 is 0 Å². The second kappa shape index (κ2) is 8.37. The van der Waals surface area contributed by atoms with E-state index in [2.05, 4.69) is 155 Å². The van der Waals surface area contributed by atoms with Gasteiger partial charge in [0.15, 0.2) is 0 Å². The molecule has 0 N–H and O–H groups in total. The number of hydrogen-bond donors (Lipinski definition) is 0. The van der Waals surface area contributed by atoms with Gasteiger partial charge >= 0.3 is 0 Å². The number of aromatic nitrogens is 2. The molecule has 0 unspecified atom stereocenters. The summed E-state index contributed by atoms with van der Waals surface area (Å²) in [4.78, 5) is 0. The summed E-state index contributed by atoms with van der Waals surface area (Å²) in [5, 5.41) is 9.44. The number of nitrogens with zero attached hydrogens (tertiary/aromatic N) is 2. The van der Waals surface area contributed by atoms with Crippen molar-refractivity contribution in [2.45, 2.75) is 0 Å². The lowest BCUT2D eigenvalue weighted by Gasteiger charge is -2.09. The van der Waals surface area contributed by atoms with Crippen molar-refractivity contribution in [2.24, 2.45) is 0 Å². The summed E-state index contributed by atoms with van der Waals surface area (Å²) < 4.78 is 11.8. The van der Waals surface area contributed by atoms with Gasteiger partial charge in [-0.25, -0.2) is 0 Å². The molecule has 0 amide bonds. The van der Waals surface area contributed by atoms with E-state index in [0.717, 1.165) is 55.1 Å². The van der Waals surface area contributed by atoms with E-state index in [4.69, 9.17) is 4.42 Å². The second-order valence-electron chi connectivity index (χ2n) is 11.3. The van der Waals surface area contributed by atoms with Crippen molar-refractivity contribution >= 4 is 76.3 Å². The average molecular weight is 549 g/mol. The molecule has 0 fully saturated rings. The normalized spacial score (nSPS) is 12.2. The minimum Gasteiger partial charge on any atom is -0.455 e. The molecule has 0 saturated carbocycles. The van der Waals surface area contributed by atoms with E-state index in [-0.39, 0.29) is 0 Å². The fourth-order valence-corrected chi connectivity index (χ4v) is 7.24. The predicted octanol–water partition coefficient (Wildman–Crippen LogP) is 10.9. The Hall–Kier alpha value is -5.80. The summed E-state index contributed by atoms with van der Waals surface area (Å²) in [5.74, 6) is 0. The molecule has 0 aliphatic carbocycles. The molecule has 0 atom stereocenters. The predicted molar refractivity (Wildman–Crippen MR) is 180 cm³/mol. The first-order valence-corrected chi connectivity index (χ1v) is 14.7. The maximum Gasteiger partial charge on any atom is 0.145 e. The molecule has 0 radical (unpaired) electrons. The Morgan fingerprint density at radius 2 is 0.884 bits per heavy atom. The van der Waals surface area contributed by atoms with Crippen molar-refractivity contribution in [3.8, 4) is 11.4 Å². The van der Waals surface area contributed by atoms with Crippen LogP contribution in [0.25, 0.3) is 87.7 Å². The SMILES string of the molecule is c1ccc(-n2c3ccccc3c3c4oc5c(ccc6c5c5ccccc5n6-c5ccc6ccccc6c5)c4ccc32)cc1. The Kier molecular flexibility index (Phi) is 4.45. The van der Waals surface area contributed by atoms with Crippen LogP contribution in [0, 0.1) is 0 Å². The van der Waals surface area contributed by atoms with Gasteiger partial charge < -0.3 is 13.6 Å². The van der Waals surface area contributed by atoms with E-state index in [9.17, 15) is 0 Å². The Morgan fingerprint density at radius 1 is 0.349 bits per heavy atom. The summed E-state index contributed by atoms with van der Waals surface area (Å²) in [6, 6.07) is 52.2. The van der Waals surface area contributed by atoms with Gasteiger partial charge in [-0.3, -0.25) is 0 Å². The monoisotopic (exact) mass is 548 g/mol. The second-order valence-corrected chi connectivity index (χ2v) is 11.3. The lowest BCUT2D eigenvalue weighted by molar-refractivity contribution is 0.677. The lowest BCUT2D eigenvalue weighted by Crippen LogP contribution is -1.93. The minimum absolute atomic E-state index is 0.937. The van der Waals surface area contributed by atoms with E-state index in [0.29, 0.717) is 0 Å². The van der Waals surface area contributed by atoms with Crippen molar-refractivity contribution in [1.29, 1.82) is 0 Å². The Morgan fingerprint density at radius 3 is 1.53 bits per heavy atom. The molecule has 7 aromatic carbocycles. The zero-order valence-electron chi connectivity index (χ0n) is 23.2. The van der Waals surface area contributed by atoms with Gasteiger partial charge in [-0.2, -0.15) is 0 Å². The molecule has 10 rings (SSSR count). The van der Waals surface area contributed by atoms with Crippen LogP contribution in [0.1, 0.15) is 0 Å². The van der Waals surface area contributed by atoms with Crippen LogP contribution < -0.4 is 0 Å². The number of para-hydroxylation sites is 3. The lowest BCUT2D eigenvalue weighted by atomic mass is 10.1. The molecular weight excluding hydrogens is 524 g/mol. The Bertz CT molecular complexity index is 2720. The minimum atomic E-state index is 0.937. The van der Waals surface area contributed by atoms with E-state index >= 15 is 0 Å². The smallest absolute Gasteiger partial charge is 0.145 e. The molecule has 3 nitrogen and oxygen atoms in total. The molecule has 0 aliphatic rings. The molecule has 3 heteroatoms. The first-order valence-electron chi connectivity index (χ1n) is 14.7. The number of furan rings is 1. The van der Waals surface area contributed by atoms with Gasteiger partial charge in [-0.15, -0.1) is 0 Å². The molecule has 3 aromatic heterocycles. The highest BCUT2D eigenvalue weighted by Gasteiger charge is 2.22. The number of hydrogen-bond acceptors (Lipinski definition) is 1. The van der Waals surface area contributed by atoms with E-state index in [1.807, 2.05) is 0 Å². The highest BCUT2D eigenvalue weighted by molar-refractivity contribution is 6.29. The highest BCUT2D eigenvalue weighted by atomic mass is 16.3. The van der Waals surface area contributed by atoms with Crippen LogP contribution in [-0.2, 0) is 0 Å². The maximum absolute atomic E-state index is 7.04. The summed E-state index contributed by atoms with van der Waals surface area (Å²) in [7, 11) is 0. The number of benzene rings is 7. The topological polar surface area (TPSA) is 23.0 Å². The van der Waals surface area contributed by atoms with Gasteiger partial charge in [0.05, 0.1) is 32.8 Å². The zero-order chi connectivity index (χ0) is 28.1. The first-order chi connectivity index (χ1) is 21.3. The zero-order valence-corrected chi connectivity index (χ0v) is 23.2. The molecule has 0 bridgehead atoms. The van der Waals surface area contributed by atoms with Crippen LogP contribution >= 0.6 is 0 Å². The quantitative estimate of drug-likeness (QED) is 0.211. The third-order valence-electron chi connectivity index (χ3n) is 9.08. The van der Waals surface area contributed by atoms with E-state index in [1.165, 1.54) is 32.6 Å². The van der Waals surface area contributed by atoms with Crippen molar-refractivity contribution in [1.82, 2.24) is 9.13 Å². The van der Waals surface area contributed by atoms with Crippen LogP contribution in [-0.4, -0.2) is 9.13 Å². The van der Waals surface area contributed by atoms with Crippen LogP contribution in [0.3, 0.4) is 0 Å². The van der Waals surface area contributed by atoms with E-state index in [1.54, 1.807) is 0 Å². The summed E-state index contributed by atoms with van der Waals surface area (Å²) in [5.41, 5.74) is 8.81. The van der Waals surface area contributed by atoms with Crippen molar-refractivity contribution in [3.05, 3.63) is 146 Å². The highest BCUT2D eigenvalue weighted by Crippen LogP contribution is 2.44. The van der Waals surface area contributed by atoms with Crippen molar-refractivity contribution < 1.29 is 4.42 Å². The first kappa shape index (κ1) is 22.8. The average Bonchev–Trinajstić information content (AvgIpc) is 3.72. The summed E-state index contributed by atoms with van der Waals surface area (Å²) in [6.45, 7) is 0. The molecule has 0 aliphatic heterocycles. The third kappa shape index (κ3) is 3.03. The van der Waals surface area contributed by atoms with Crippen LogP contribution in [0.4, 0.5) is 0 Å². The summed E-state index contributed by atoms with van der Waals surface area (Å²) in [6.07, 6.45) is 0. The molecule has 43 heavy (non-hydrogen) atoms. The fraction of sp³-hybridized carbons (Fsp3) is 0. The van der Waals surface area contributed by atoms with Gasteiger partial charge in [-0.05, 0) is 71.4 Å². The van der Waals surface area contributed by atoms with Crippen LogP contribution in [0.2, 0.25) is 0 Å². The Labute approximate surface area is 246 Å². The third-order valence-corrected chi connectivity index (χ3v) is 9.08. The van der Waals surface area contributed by atoms with Crippen molar-refractivity contribution in [2.75, 3.05) is 0 Å². The molecule has 0 spiro atoms. The van der Waals surface area contributed by atoms with Gasteiger partial charge in [0, 0.05) is 32.9 Å². The fourth-order valence-electron chi connectivity index (χ4n) is 7.24. The number of rotatable bonds is 2. The standard InChI is InChI=1S/C40H24N2O/c1-2-12-27(13-3-1)41-33-16-8-6-14-31(33)37-35(41)22-20-29-30-21-23-36-38(40(30)43-39(29)37)32-15-7-9-17-34(32)42(36)28-19-18-25-10-4-5-11-26(25)24-28/h1-24H. The van der Waals surface area contributed by atoms with Crippen molar-refractivity contribution in [3.63, 3.8) is 0 Å². The molecule has 200 valence electrons. The van der Waals surface area contributed by atoms with Crippen LogP contribution in [0.15, 0.2) is 150 Å². The molecule has 10 aromatic rings.